The molecule has 0 atom stereocenters. The van der Waals surface area contributed by atoms with Crippen molar-refractivity contribution >= 4 is 0 Å². The number of hydrogen-bond acceptors (Lipinski definition) is 4. The minimum Gasteiger partial charge on any atom is -0.491 e. The molecule has 0 aliphatic carbocycles. The van der Waals surface area contributed by atoms with Crippen LogP contribution in [0.4, 0.5) is 0 Å². The minimum absolute atomic E-state index is 0.577. The molecule has 0 heterocycles. The monoisotopic (exact) mass is 253 g/mol. The van der Waals surface area contributed by atoms with E-state index in [0.29, 0.717) is 13.2 Å². The maximum Gasteiger partial charge on any atom is 0.123 e. The van der Waals surface area contributed by atoms with Gasteiger partial charge in [0.15, 0.2) is 0 Å². The highest BCUT2D eigenvalue weighted by Crippen LogP contribution is 2.17. The summed E-state index contributed by atoms with van der Waals surface area (Å²) in [6.07, 6.45) is 0.923. The Kier molecular flexibility index (Phi) is 8.21. The highest BCUT2D eigenvalue weighted by molar-refractivity contribution is 5.33. The molecule has 0 spiro atoms. The number of rotatable bonds is 10. The van der Waals surface area contributed by atoms with E-state index in [1.165, 1.54) is 5.56 Å². The lowest BCUT2D eigenvalue weighted by molar-refractivity contribution is 0.0804. The Bertz CT molecular complexity index is 318. The fourth-order valence-corrected chi connectivity index (χ4v) is 1.60. The Morgan fingerprint density at radius 3 is 2.67 bits per heavy atom. The van der Waals surface area contributed by atoms with E-state index in [4.69, 9.17) is 14.2 Å². The van der Waals surface area contributed by atoms with E-state index in [0.717, 1.165) is 31.9 Å². The molecule has 0 saturated carbocycles. The summed E-state index contributed by atoms with van der Waals surface area (Å²) in [6, 6.07) is 8.04. The summed E-state index contributed by atoms with van der Waals surface area (Å²) >= 11 is 0. The van der Waals surface area contributed by atoms with Crippen LogP contribution in [0.1, 0.15) is 12.0 Å². The van der Waals surface area contributed by atoms with Gasteiger partial charge in [0, 0.05) is 32.4 Å². The number of ether oxygens (including phenoxy) is 3. The molecule has 0 aromatic heterocycles. The second-order valence-corrected chi connectivity index (χ2v) is 3.95. The summed E-state index contributed by atoms with van der Waals surface area (Å²) in [5.41, 5.74) is 1.17. The Hall–Kier alpha value is -1.10. The molecule has 0 unspecified atom stereocenters. The quantitative estimate of drug-likeness (QED) is 0.646. The maximum absolute atomic E-state index is 5.70. The number of benzene rings is 1. The second-order valence-electron chi connectivity index (χ2n) is 3.95. The fourth-order valence-electron chi connectivity index (χ4n) is 1.60. The van der Waals surface area contributed by atoms with Crippen molar-refractivity contribution in [2.75, 3.05) is 40.6 Å². The van der Waals surface area contributed by atoms with Gasteiger partial charge in [0.05, 0.1) is 6.61 Å². The third-order valence-electron chi connectivity index (χ3n) is 2.46. The summed E-state index contributed by atoms with van der Waals surface area (Å²) in [6.45, 7) is 3.46. The Morgan fingerprint density at radius 2 is 1.89 bits per heavy atom. The summed E-state index contributed by atoms with van der Waals surface area (Å²) in [4.78, 5) is 0. The molecular weight excluding hydrogens is 230 g/mol. The molecule has 0 aliphatic rings. The van der Waals surface area contributed by atoms with E-state index in [2.05, 4.69) is 11.4 Å². The van der Waals surface area contributed by atoms with Gasteiger partial charge in [0.25, 0.3) is 0 Å². The Labute approximate surface area is 109 Å². The molecule has 1 N–H and O–H groups in total. The number of para-hydroxylation sites is 1. The van der Waals surface area contributed by atoms with Gasteiger partial charge in [0.2, 0.25) is 0 Å². The Balaban J connectivity index is 2.18. The third-order valence-corrected chi connectivity index (χ3v) is 2.46. The first-order chi connectivity index (χ1) is 8.88. The van der Waals surface area contributed by atoms with Crippen LogP contribution in [-0.4, -0.2) is 40.6 Å². The van der Waals surface area contributed by atoms with E-state index in [9.17, 15) is 0 Å². The standard InChI is InChI=1S/C14H23NO3/c1-15-12-13-6-3-4-7-14(13)18-11-10-17-9-5-8-16-2/h3-4,6-7,15H,5,8-12H2,1-2H3. The summed E-state index contributed by atoms with van der Waals surface area (Å²) in [7, 11) is 3.62. The second kappa shape index (κ2) is 9.88. The normalized spacial score (nSPS) is 10.6. The fraction of sp³-hybridized carbons (Fsp3) is 0.571. The average Bonchev–Trinajstić information content (AvgIpc) is 2.40. The smallest absolute Gasteiger partial charge is 0.123 e. The number of methoxy groups -OCH3 is 1. The van der Waals surface area contributed by atoms with Gasteiger partial charge in [-0.1, -0.05) is 18.2 Å². The lowest BCUT2D eigenvalue weighted by Crippen LogP contribution is -2.11. The van der Waals surface area contributed by atoms with E-state index in [-0.39, 0.29) is 0 Å². The third kappa shape index (κ3) is 6.00. The average molecular weight is 253 g/mol. The van der Waals surface area contributed by atoms with Crippen LogP contribution in [0.2, 0.25) is 0 Å². The number of nitrogens with one attached hydrogen (secondary N) is 1. The molecule has 0 radical (unpaired) electrons. The van der Waals surface area contributed by atoms with E-state index < -0.39 is 0 Å². The van der Waals surface area contributed by atoms with Gasteiger partial charge in [-0.25, -0.2) is 0 Å². The molecule has 0 fully saturated rings. The van der Waals surface area contributed by atoms with Crippen LogP contribution in [0.3, 0.4) is 0 Å². The van der Waals surface area contributed by atoms with Gasteiger partial charge < -0.3 is 19.5 Å². The molecule has 4 heteroatoms. The van der Waals surface area contributed by atoms with Crippen molar-refractivity contribution in [3.05, 3.63) is 29.8 Å². The molecule has 0 amide bonds. The zero-order valence-electron chi connectivity index (χ0n) is 11.3. The van der Waals surface area contributed by atoms with Crippen LogP contribution < -0.4 is 10.1 Å². The van der Waals surface area contributed by atoms with Crippen LogP contribution in [0.25, 0.3) is 0 Å². The molecular formula is C14H23NO3. The van der Waals surface area contributed by atoms with Crippen LogP contribution in [0, 0.1) is 0 Å². The highest BCUT2D eigenvalue weighted by atomic mass is 16.5. The largest absolute Gasteiger partial charge is 0.491 e. The predicted molar refractivity (Wildman–Crippen MR) is 72.0 cm³/mol. The van der Waals surface area contributed by atoms with Crippen molar-refractivity contribution < 1.29 is 14.2 Å². The summed E-state index contributed by atoms with van der Waals surface area (Å²) < 4.78 is 16.1. The van der Waals surface area contributed by atoms with E-state index in [1.807, 2.05) is 25.2 Å². The van der Waals surface area contributed by atoms with Gasteiger partial charge in [-0.15, -0.1) is 0 Å². The lowest BCUT2D eigenvalue weighted by Gasteiger charge is -2.11. The van der Waals surface area contributed by atoms with Crippen LogP contribution in [0.15, 0.2) is 24.3 Å². The lowest BCUT2D eigenvalue weighted by atomic mass is 10.2. The molecule has 1 aromatic rings. The van der Waals surface area contributed by atoms with Crippen LogP contribution >= 0.6 is 0 Å². The molecule has 102 valence electrons. The van der Waals surface area contributed by atoms with Gasteiger partial charge in [0.1, 0.15) is 12.4 Å². The minimum atomic E-state index is 0.577. The van der Waals surface area contributed by atoms with Crippen molar-refractivity contribution in [3.8, 4) is 5.75 Å². The van der Waals surface area contributed by atoms with Crippen molar-refractivity contribution in [3.63, 3.8) is 0 Å². The highest BCUT2D eigenvalue weighted by Gasteiger charge is 2.01. The van der Waals surface area contributed by atoms with Crippen LogP contribution in [0.5, 0.6) is 5.75 Å². The van der Waals surface area contributed by atoms with Crippen LogP contribution in [-0.2, 0) is 16.0 Å². The first-order valence-electron chi connectivity index (χ1n) is 6.30. The molecule has 4 nitrogen and oxygen atoms in total. The van der Waals surface area contributed by atoms with Crippen molar-refractivity contribution in [1.29, 1.82) is 0 Å². The topological polar surface area (TPSA) is 39.7 Å². The zero-order chi connectivity index (χ0) is 13.1. The van der Waals surface area contributed by atoms with Gasteiger partial charge >= 0.3 is 0 Å². The first kappa shape index (κ1) is 15.0. The van der Waals surface area contributed by atoms with E-state index in [1.54, 1.807) is 7.11 Å². The SMILES string of the molecule is CNCc1ccccc1OCCOCCCOC. The maximum atomic E-state index is 5.70. The summed E-state index contributed by atoms with van der Waals surface area (Å²) in [5.74, 6) is 0.923. The number of hydrogen-bond donors (Lipinski definition) is 1. The summed E-state index contributed by atoms with van der Waals surface area (Å²) in [5, 5.41) is 3.12. The Morgan fingerprint density at radius 1 is 1.06 bits per heavy atom. The van der Waals surface area contributed by atoms with Gasteiger partial charge in [-0.05, 0) is 19.5 Å². The molecule has 0 saturated heterocycles. The first-order valence-corrected chi connectivity index (χ1v) is 6.30. The molecule has 18 heavy (non-hydrogen) atoms. The van der Waals surface area contributed by atoms with Crippen molar-refractivity contribution in [1.82, 2.24) is 5.32 Å². The van der Waals surface area contributed by atoms with Gasteiger partial charge in [-0.3, -0.25) is 0 Å². The van der Waals surface area contributed by atoms with Gasteiger partial charge in [-0.2, -0.15) is 0 Å². The van der Waals surface area contributed by atoms with Crippen molar-refractivity contribution in [2.24, 2.45) is 0 Å². The predicted octanol–water partition coefficient (Wildman–Crippen LogP) is 1.84. The molecule has 0 bridgehead atoms. The molecule has 1 aromatic carbocycles. The molecule has 0 aliphatic heterocycles. The van der Waals surface area contributed by atoms with E-state index >= 15 is 0 Å². The zero-order valence-corrected chi connectivity index (χ0v) is 11.3. The van der Waals surface area contributed by atoms with Crippen molar-refractivity contribution in [2.45, 2.75) is 13.0 Å². The molecule has 1 rings (SSSR count).